The van der Waals surface area contributed by atoms with Gasteiger partial charge in [-0.3, -0.25) is 4.90 Å². The molecule has 3 aromatic rings. The molecular weight excluding hydrogens is 428 g/mol. The molecule has 1 fully saturated rings. The first kappa shape index (κ1) is 24.0. The highest BCUT2D eigenvalue weighted by atomic mass is 15.2. The minimum Gasteiger partial charge on any atom is -0.356 e. The van der Waals surface area contributed by atoms with E-state index in [-0.39, 0.29) is 0 Å². The first-order valence-corrected chi connectivity index (χ1v) is 13.6. The van der Waals surface area contributed by atoms with Gasteiger partial charge in [-0.15, -0.1) is 0 Å². The summed E-state index contributed by atoms with van der Waals surface area (Å²) >= 11 is 0. The number of nitrogens with zero attached hydrogens (tertiary/aromatic N) is 4. The standard InChI is InChI=1S/C31H40N4/c1-5-23-14-11-15-24(6-2)29(23)30-32-22(3)27(31(33-30)35-19-9-10-20-35)21-34(4)28-18-12-16-25-13-7-8-17-26(25)28/h7-8,11,13-15,17,28H,5-6,9-10,12,16,18-21H2,1-4H3/t28-/m0/s1. The fraction of sp³-hybridized carbons (Fsp3) is 0.484. The molecule has 0 radical (unpaired) electrons. The summed E-state index contributed by atoms with van der Waals surface area (Å²) in [4.78, 5) is 15.6. The number of rotatable bonds is 7. The third kappa shape index (κ3) is 4.73. The van der Waals surface area contributed by atoms with Crippen LogP contribution in [0.4, 0.5) is 5.82 Å². The summed E-state index contributed by atoms with van der Waals surface area (Å²) in [5.41, 5.74) is 9.39. The summed E-state index contributed by atoms with van der Waals surface area (Å²) < 4.78 is 0. The Morgan fingerprint density at radius 1 is 0.914 bits per heavy atom. The molecule has 0 spiro atoms. The largest absolute Gasteiger partial charge is 0.356 e. The number of benzene rings is 2. The Balaban J connectivity index is 1.55. The van der Waals surface area contributed by atoms with Crippen LogP contribution in [0.3, 0.4) is 0 Å². The van der Waals surface area contributed by atoms with E-state index in [0.29, 0.717) is 6.04 Å². The van der Waals surface area contributed by atoms with Gasteiger partial charge in [-0.1, -0.05) is 56.3 Å². The van der Waals surface area contributed by atoms with Crippen LogP contribution in [0.15, 0.2) is 42.5 Å². The molecule has 0 bridgehead atoms. The van der Waals surface area contributed by atoms with E-state index in [4.69, 9.17) is 9.97 Å². The molecule has 1 aliphatic carbocycles. The molecule has 5 rings (SSSR count). The van der Waals surface area contributed by atoms with Crippen LogP contribution in [0.25, 0.3) is 11.4 Å². The van der Waals surface area contributed by atoms with Gasteiger partial charge >= 0.3 is 0 Å². The summed E-state index contributed by atoms with van der Waals surface area (Å²) in [5, 5.41) is 0. The number of fused-ring (bicyclic) bond motifs is 1. The van der Waals surface area contributed by atoms with Crippen molar-refractivity contribution < 1.29 is 0 Å². The molecule has 2 aromatic carbocycles. The zero-order chi connectivity index (χ0) is 24.4. The van der Waals surface area contributed by atoms with E-state index < -0.39 is 0 Å². The van der Waals surface area contributed by atoms with Crippen molar-refractivity contribution in [3.05, 3.63) is 76.0 Å². The predicted octanol–water partition coefficient (Wildman–Crippen LogP) is 6.69. The molecule has 2 aliphatic rings. The molecular formula is C31H40N4. The van der Waals surface area contributed by atoms with E-state index in [1.807, 2.05) is 0 Å². The van der Waals surface area contributed by atoms with Gasteiger partial charge in [-0.25, -0.2) is 9.97 Å². The molecule has 4 heteroatoms. The van der Waals surface area contributed by atoms with Crippen molar-refractivity contribution in [2.45, 2.75) is 78.3 Å². The second kappa shape index (κ2) is 10.5. The predicted molar refractivity (Wildman–Crippen MR) is 146 cm³/mol. The van der Waals surface area contributed by atoms with E-state index in [1.165, 1.54) is 65.5 Å². The van der Waals surface area contributed by atoms with Gasteiger partial charge in [0.2, 0.25) is 0 Å². The summed E-state index contributed by atoms with van der Waals surface area (Å²) in [5.74, 6) is 2.07. The van der Waals surface area contributed by atoms with Crippen molar-refractivity contribution in [3.8, 4) is 11.4 Å². The Bertz CT molecular complexity index is 1160. The van der Waals surface area contributed by atoms with E-state index >= 15 is 0 Å². The van der Waals surface area contributed by atoms with Crippen LogP contribution in [0.1, 0.15) is 79.1 Å². The number of aryl methyl sites for hydroxylation is 4. The Labute approximate surface area is 211 Å². The van der Waals surface area contributed by atoms with E-state index in [0.717, 1.165) is 49.8 Å². The highest BCUT2D eigenvalue weighted by Crippen LogP contribution is 2.37. The first-order valence-electron chi connectivity index (χ1n) is 13.6. The van der Waals surface area contributed by atoms with Gasteiger partial charge in [0.25, 0.3) is 0 Å². The van der Waals surface area contributed by atoms with Gasteiger partial charge in [0.1, 0.15) is 5.82 Å². The summed E-state index contributed by atoms with van der Waals surface area (Å²) in [6, 6.07) is 16.1. The highest BCUT2D eigenvalue weighted by molar-refractivity contribution is 5.68. The Morgan fingerprint density at radius 3 is 2.34 bits per heavy atom. The average Bonchev–Trinajstić information content (AvgIpc) is 3.43. The van der Waals surface area contributed by atoms with Gasteiger partial charge in [0, 0.05) is 42.5 Å². The van der Waals surface area contributed by atoms with Gasteiger partial charge in [0.15, 0.2) is 5.82 Å². The summed E-state index contributed by atoms with van der Waals surface area (Å²) in [6.45, 7) is 9.73. The van der Waals surface area contributed by atoms with Gasteiger partial charge in [-0.05, 0) is 81.2 Å². The van der Waals surface area contributed by atoms with Crippen LogP contribution in [0.5, 0.6) is 0 Å². The molecule has 1 saturated heterocycles. The molecule has 184 valence electrons. The number of hydrogen-bond donors (Lipinski definition) is 0. The second-order valence-electron chi connectivity index (χ2n) is 10.3. The number of aromatic nitrogens is 2. The molecule has 1 aliphatic heterocycles. The third-order valence-electron chi connectivity index (χ3n) is 8.10. The van der Waals surface area contributed by atoms with Crippen LogP contribution < -0.4 is 4.90 Å². The monoisotopic (exact) mass is 468 g/mol. The zero-order valence-corrected chi connectivity index (χ0v) is 22.0. The molecule has 1 atom stereocenters. The molecule has 2 heterocycles. The van der Waals surface area contributed by atoms with Crippen molar-refractivity contribution in [1.82, 2.24) is 14.9 Å². The fourth-order valence-corrected chi connectivity index (χ4v) is 6.14. The lowest BCUT2D eigenvalue weighted by atomic mass is 9.87. The molecule has 0 N–H and O–H groups in total. The maximum Gasteiger partial charge on any atom is 0.162 e. The quantitative estimate of drug-likeness (QED) is 0.387. The van der Waals surface area contributed by atoms with Crippen molar-refractivity contribution in [1.29, 1.82) is 0 Å². The van der Waals surface area contributed by atoms with Crippen molar-refractivity contribution in [2.24, 2.45) is 0 Å². The van der Waals surface area contributed by atoms with Gasteiger partial charge in [0.05, 0.1) is 0 Å². The van der Waals surface area contributed by atoms with Crippen LogP contribution >= 0.6 is 0 Å². The maximum absolute atomic E-state index is 5.33. The minimum absolute atomic E-state index is 0.456. The fourth-order valence-electron chi connectivity index (χ4n) is 6.14. The second-order valence-corrected chi connectivity index (χ2v) is 10.3. The molecule has 0 amide bonds. The van der Waals surface area contributed by atoms with E-state index in [9.17, 15) is 0 Å². The Kier molecular flexibility index (Phi) is 7.19. The molecule has 35 heavy (non-hydrogen) atoms. The van der Waals surface area contributed by atoms with E-state index in [2.05, 4.69) is 80.1 Å². The molecule has 4 nitrogen and oxygen atoms in total. The SMILES string of the molecule is CCc1cccc(CC)c1-c1nc(C)c(CN(C)[C@H]2CCCc3ccccc32)c(N2CCCC2)n1. The van der Waals surface area contributed by atoms with E-state index in [1.54, 1.807) is 0 Å². The lowest BCUT2D eigenvalue weighted by Gasteiger charge is -2.34. The smallest absolute Gasteiger partial charge is 0.162 e. The summed E-state index contributed by atoms with van der Waals surface area (Å²) in [7, 11) is 2.29. The zero-order valence-electron chi connectivity index (χ0n) is 22.0. The van der Waals surface area contributed by atoms with Crippen LogP contribution in [-0.2, 0) is 25.8 Å². The lowest BCUT2D eigenvalue weighted by molar-refractivity contribution is 0.212. The van der Waals surface area contributed by atoms with Crippen molar-refractivity contribution >= 4 is 5.82 Å². The van der Waals surface area contributed by atoms with Crippen LogP contribution in [-0.4, -0.2) is 35.0 Å². The Morgan fingerprint density at radius 2 is 1.63 bits per heavy atom. The summed E-state index contributed by atoms with van der Waals surface area (Å²) in [6.07, 6.45) is 8.16. The van der Waals surface area contributed by atoms with Gasteiger partial charge < -0.3 is 4.90 Å². The van der Waals surface area contributed by atoms with Gasteiger partial charge in [-0.2, -0.15) is 0 Å². The minimum atomic E-state index is 0.456. The van der Waals surface area contributed by atoms with Crippen LogP contribution in [0, 0.1) is 6.92 Å². The molecule has 0 unspecified atom stereocenters. The first-order chi connectivity index (χ1) is 17.1. The normalized spacial score (nSPS) is 17.7. The van der Waals surface area contributed by atoms with Crippen molar-refractivity contribution in [2.75, 3.05) is 25.0 Å². The highest BCUT2D eigenvalue weighted by Gasteiger charge is 2.27. The average molecular weight is 469 g/mol. The third-order valence-corrected chi connectivity index (χ3v) is 8.10. The molecule has 0 saturated carbocycles. The van der Waals surface area contributed by atoms with Crippen LogP contribution in [0.2, 0.25) is 0 Å². The maximum atomic E-state index is 5.33. The van der Waals surface area contributed by atoms with Crippen molar-refractivity contribution in [3.63, 3.8) is 0 Å². The topological polar surface area (TPSA) is 32.3 Å². The Hall–Kier alpha value is -2.72. The lowest BCUT2D eigenvalue weighted by Crippen LogP contribution is -2.30. The number of hydrogen-bond acceptors (Lipinski definition) is 4. The molecule has 1 aromatic heterocycles. The number of anilines is 1.